The summed E-state index contributed by atoms with van der Waals surface area (Å²) in [5.41, 5.74) is 5.74. The molecule has 0 aromatic heterocycles. The number of carbonyl (C=O) groups excluding carboxylic acids is 1. The minimum absolute atomic E-state index is 0.0845. The number of sulfonamides is 1. The van der Waals surface area contributed by atoms with Gasteiger partial charge in [-0.05, 0) is 73.2 Å². The van der Waals surface area contributed by atoms with Crippen molar-refractivity contribution in [2.45, 2.75) is 45.4 Å². The average Bonchev–Trinajstić information content (AvgIpc) is 2.90. The lowest BCUT2D eigenvalue weighted by molar-refractivity contribution is 0.102. The van der Waals surface area contributed by atoms with Crippen molar-refractivity contribution in [2.75, 3.05) is 36.4 Å². The summed E-state index contributed by atoms with van der Waals surface area (Å²) in [6.07, 6.45) is 1.41. The number of hydrogen-bond acceptors (Lipinski definition) is 4. The number of amides is 1. The van der Waals surface area contributed by atoms with Gasteiger partial charge in [0.1, 0.15) is 5.82 Å². The number of rotatable bonds is 7. The van der Waals surface area contributed by atoms with E-state index in [1.807, 2.05) is 38.1 Å². The maximum Gasteiger partial charge on any atom is 0.258 e. The Balaban J connectivity index is 1.55. The predicted molar refractivity (Wildman–Crippen MR) is 146 cm³/mol. The van der Waals surface area contributed by atoms with Gasteiger partial charge in [0.15, 0.2) is 0 Å². The Morgan fingerprint density at radius 1 is 0.919 bits per heavy atom. The van der Waals surface area contributed by atoms with Gasteiger partial charge in [-0.15, -0.1) is 0 Å². The van der Waals surface area contributed by atoms with E-state index < -0.39 is 21.7 Å². The van der Waals surface area contributed by atoms with E-state index in [4.69, 9.17) is 0 Å². The molecule has 196 valence electrons. The smallest absolute Gasteiger partial charge is 0.258 e. The van der Waals surface area contributed by atoms with Crippen molar-refractivity contribution >= 4 is 27.3 Å². The number of nitrogens with zero attached hydrogens (tertiary/aromatic N) is 2. The van der Waals surface area contributed by atoms with E-state index in [1.165, 1.54) is 21.5 Å². The number of hydrogen-bond donors (Lipinski definition) is 1. The quantitative estimate of drug-likeness (QED) is 0.455. The van der Waals surface area contributed by atoms with E-state index in [0.717, 1.165) is 28.9 Å². The number of nitrogens with one attached hydrogen (secondary N) is 1. The second-order valence-corrected chi connectivity index (χ2v) is 11.3. The minimum atomic E-state index is -3.90. The van der Waals surface area contributed by atoms with E-state index in [1.54, 1.807) is 0 Å². The van der Waals surface area contributed by atoms with Crippen molar-refractivity contribution in [3.63, 3.8) is 0 Å². The first-order chi connectivity index (χ1) is 17.7. The van der Waals surface area contributed by atoms with Crippen molar-refractivity contribution in [2.24, 2.45) is 0 Å². The molecule has 0 aliphatic carbocycles. The molecule has 37 heavy (non-hydrogen) atoms. The first kappa shape index (κ1) is 26.8. The Morgan fingerprint density at radius 3 is 2.16 bits per heavy atom. The van der Waals surface area contributed by atoms with E-state index >= 15 is 0 Å². The summed E-state index contributed by atoms with van der Waals surface area (Å²) in [4.78, 5) is 15.2. The summed E-state index contributed by atoms with van der Waals surface area (Å²) in [5, 5.41) is 2.84. The zero-order valence-corrected chi connectivity index (χ0v) is 22.7. The molecule has 1 N–H and O–H groups in total. The zero-order valence-electron chi connectivity index (χ0n) is 21.8. The fourth-order valence-electron chi connectivity index (χ4n) is 4.82. The van der Waals surface area contributed by atoms with Gasteiger partial charge in [-0.25, -0.2) is 12.8 Å². The molecule has 3 aromatic carbocycles. The fourth-order valence-corrected chi connectivity index (χ4v) is 6.27. The maximum absolute atomic E-state index is 14.8. The molecule has 1 aliphatic rings. The summed E-state index contributed by atoms with van der Waals surface area (Å²) in [5.74, 6) is -1.42. The van der Waals surface area contributed by atoms with Gasteiger partial charge in [-0.1, -0.05) is 44.2 Å². The molecule has 3 aromatic rings. The van der Waals surface area contributed by atoms with Gasteiger partial charge in [0, 0.05) is 37.6 Å². The first-order valence-electron chi connectivity index (χ1n) is 12.7. The Morgan fingerprint density at radius 2 is 1.54 bits per heavy atom. The van der Waals surface area contributed by atoms with Crippen molar-refractivity contribution in [3.05, 3.63) is 88.2 Å². The third-order valence-corrected chi connectivity index (χ3v) is 9.11. The lowest BCUT2D eigenvalue weighted by atomic mass is 10.0. The second kappa shape index (κ2) is 11.0. The van der Waals surface area contributed by atoms with Crippen LogP contribution in [0.5, 0.6) is 0 Å². The van der Waals surface area contributed by atoms with Crippen LogP contribution in [-0.2, 0) is 22.9 Å². The Hall–Kier alpha value is -3.23. The van der Waals surface area contributed by atoms with Gasteiger partial charge in [-0.2, -0.15) is 4.31 Å². The van der Waals surface area contributed by atoms with E-state index in [0.29, 0.717) is 44.7 Å². The summed E-state index contributed by atoms with van der Waals surface area (Å²) in [6.45, 7) is 9.80. The van der Waals surface area contributed by atoms with E-state index in [2.05, 4.69) is 36.2 Å². The topological polar surface area (TPSA) is 69.7 Å². The number of halogens is 1. The molecule has 0 radical (unpaired) electrons. The molecule has 6 nitrogen and oxygen atoms in total. The van der Waals surface area contributed by atoms with Crippen LogP contribution in [0.3, 0.4) is 0 Å². The number of aryl methyl sites for hydroxylation is 3. The number of para-hydroxylation sites is 1. The molecule has 1 heterocycles. The minimum Gasteiger partial charge on any atom is -0.369 e. The number of piperazine rings is 1. The summed E-state index contributed by atoms with van der Waals surface area (Å²) in [7, 11) is -3.90. The molecule has 0 atom stereocenters. The summed E-state index contributed by atoms with van der Waals surface area (Å²) < 4.78 is 43.1. The molecular formula is C29H34FN3O3S. The molecule has 1 fully saturated rings. The Kier molecular flexibility index (Phi) is 7.99. The van der Waals surface area contributed by atoms with Gasteiger partial charge in [0.05, 0.1) is 10.5 Å². The largest absolute Gasteiger partial charge is 0.369 e. The third-order valence-electron chi connectivity index (χ3n) is 7.21. The van der Waals surface area contributed by atoms with Gasteiger partial charge in [-0.3, -0.25) is 4.79 Å². The highest BCUT2D eigenvalue weighted by molar-refractivity contribution is 7.89. The normalized spacial score (nSPS) is 14.6. The van der Waals surface area contributed by atoms with Crippen LogP contribution in [0.25, 0.3) is 0 Å². The van der Waals surface area contributed by atoms with Crippen LogP contribution in [0.4, 0.5) is 15.8 Å². The Labute approximate surface area is 219 Å². The van der Waals surface area contributed by atoms with Crippen LogP contribution in [-0.4, -0.2) is 44.8 Å². The SMILES string of the molecule is CCc1cccc(CC)c1NC(=O)c1cc(S(=O)(=O)N2CCN(c3cccc(C)c3C)CC2)ccc1F. The molecule has 4 rings (SSSR count). The average molecular weight is 524 g/mol. The fraction of sp³-hybridized carbons (Fsp3) is 0.345. The van der Waals surface area contributed by atoms with Crippen molar-refractivity contribution in [1.82, 2.24) is 4.31 Å². The number of carbonyl (C=O) groups is 1. The van der Waals surface area contributed by atoms with E-state index in [9.17, 15) is 17.6 Å². The van der Waals surface area contributed by atoms with Crippen LogP contribution < -0.4 is 10.2 Å². The summed E-state index contributed by atoms with van der Waals surface area (Å²) in [6, 6.07) is 15.3. The molecule has 0 saturated carbocycles. The van der Waals surface area contributed by atoms with E-state index in [-0.39, 0.29) is 10.5 Å². The van der Waals surface area contributed by atoms with Crippen molar-refractivity contribution in [3.8, 4) is 0 Å². The highest BCUT2D eigenvalue weighted by Crippen LogP contribution is 2.27. The van der Waals surface area contributed by atoms with Crippen molar-refractivity contribution < 1.29 is 17.6 Å². The van der Waals surface area contributed by atoms with Crippen LogP contribution in [0.15, 0.2) is 59.5 Å². The number of benzene rings is 3. The van der Waals surface area contributed by atoms with Crippen LogP contribution in [0.2, 0.25) is 0 Å². The zero-order chi connectivity index (χ0) is 26.7. The molecule has 0 unspecified atom stereocenters. The van der Waals surface area contributed by atoms with Crippen LogP contribution >= 0.6 is 0 Å². The van der Waals surface area contributed by atoms with Crippen LogP contribution in [0, 0.1) is 19.7 Å². The molecule has 0 spiro atoms. The number of anilines is 2. The van der Waals surface area contributed by atoms with Gasteiger partial charge in [0.2, 0.25) is 10.0 Å². The predicted octanol–water partition coefficient (Wildman–Crippen LogP) is 5.33. The molecule has 1 amide bonds. The highest BCUT2D eigenvalue weighted by Gasteiger charge is 2.30. The maximum atomic E-state index is 14.8. The third kappa shape index (κ3) is 5.40. The highest BCUT2D eigenvalue weighted by atomic mass is 32.2. The first-order valence-corrected chi connectivity index (χ1v) is 14.1. The van der Waals surface area contributed by atoms with Crippen LogP contribution in [0.1, 0.15) is 46.5 Å². The lowest BCUT2D eigenvalue weighted by Crippen LogP contribution is -2.48. The van der Waals surface area contributed by atoms with Gasteiger partial charge in [0.25, 0.3) is 5.91 Å². The second-order valence-electron chi connectivity index (χ2n) is 9.36. The molecule has 1 aliphatic heterocycles. The molecule has 8 heteroatoms. The lowest BCUT2D eigenvalue weighted by Gasteiger charge is -2.36. The summed E-state index contributed by atoms with van der Waals surface area (Å²) >= 11 is 0. The van der Waals surface area contributed by atoms with Gasteiger partial charge < -0.3 is 10.2 Å². The monoisotopic (exact) mass is 523 g/mol. The van der Waals surface area contributed by atoms with Crippen molar-refractivity contribution in [1.29, 1.82) is 0 Å². The molecule has 0 bridgehead atoms. The molecule has 1 saturated heterocycles. The standard InChI is InChI=1S/C29H34FN3O3S/c1-5-22-10-8-11-23(6-2)28(22)31-29(34)25-19-24(13-14-26(25)30)37(35,36)33-17-15-32(16-18-33)27-12-7-9-20(3)21(27)4/h7-14,19H,5-6,15-18H2,1-4H3,(H,31,34). The Bertz CT molecular complexity index is 1390. The van der Waals surface area contributed by atoms with Gasteiger partial charge >= 0.3 is 0 Å². The molecular weight excluding hydrogens is 489 g/mol.